The SMILES string of the molecule is COC[C@H](C)Oc1cc(O[C@@H](C)Cc2ccc(C)o2)cc(C(=O)Nc2ccc(C(=O)OC)cn2)c1. The van der Waals surface area contributed by atoms with Crippen LogP contribution in [-0.4, -0.2) is 49.9 Å². The van der Waals surface area contributed by atoms with Crippen LogP contribution in [0.4, 0.5) is 5.82 Å². The van der Waals surface area contributed by atoms with Gasteiger partial charge in [0.15, 0.2) is 0 Å². The fourth-order valence-electron chi connectivity index (χ4n) is 3.39. The van der Waals surface area contributed by atoms with E-state index in [1.165, 1.54) is 25.4 Å². The second-order valence-electron chi connectivity index (χ2n) is 8.10. The molecule has 0 aliphatic carbocycles. The van der Waals surface area contributed by atoms with Gasteiger partial charge in [-0.15, -0.1) is 0 Å². The van der Waals surface area contributed by atoms with Crippen LogP contribution in [0.3, 0.4) is 0 Å². The summed E-state index contributed by atoms with van der Waals surface area (Å²) >= 11 is 0. The van der Waals surface area contributed by atoms with Crippen molar-refractivity contribution < 1.29 is 33.0 Å². The van der Waals surface area contributed by atoms with E-state index in [1.807, 2.05) is 32.9 Å². The van der Waals surface area contributed by atoms with Crippen LogP contribution in [0.2, 0.25) is 0 Å². The van der Waals surface area contributed by atoms with E-state index in [1.54, 1.807) is 25.3 Å². The van der Waals surface area contributed by atoms with E-state index in [2.05, 4.69) is 15.0 Å². The molecule has 0 spiro atoms. The maximum Gasteiger partial charge on any atom is 0.339 e. The van der Waals surface area contributed by atoms with Gasteiger partial charge in [0.25, 0.3) is 5.91 Å². The van der Waals surface area contributed by atoms with Gasteiger partial charge in [-0.05, 0) is 57.2 Å². The third-order valence-corrected chi connectivity index (χ3v) is 4.93. The van der Waals surface area contributed by atoms with Gasteiger partial charge in [0.1, 0.15) is 41.0 Å². The standard InChI is InChI=1S/C26H30N2O7/c1-16-6-8-21(33-16)10-17(2)34-22-11-20(12-23(13-22)35-18(3)15-31-4)25(29)28-24-9-7-19(14-27-24)26(30)32-5/h6-9,11-14,17-18H,10,15H2,1-5H3,(H,27,28,29)/t17-,18-/m0/s1. The van der Waals surface area contributed by atoms with E-state index in [0.717, 1.165) is 11.5 Å². The minimum Gasteiger partial charge on any atom is -0.490 e. The molecule has 9 heteroatoms. The monoisotopic (exact) mass is 482 g/mol. The van der Waals surface area contributed by atoms with Gasteiger partial charge >= 0.3 is 5.97 Å². The summed E-state index contributed by atoms with van der Waals surface area (Å²) < 4.78 is 27.5. The van der Waals surface area contributed by atoms with Crippen LogP contribution in [0, 0.1) is 6.92 Å². The van der Waals surface area contributed by atoms with Gasteiger partial charge in [-0.25, -0.2) is 9.78 Å². The Kier molecular flexibility index (Phi) is 8.86. The van der Waals surface area contributed by atoms with Gasteiger partial charge in [-0.2, -0.15) is 0 Å². The first-order valence-corrected chi connectivity index (χ1v) is 11.2. The molecule has 0 aliphatic rings. The number of hydrogen-bond donors (Lipinski definition) is 1. The number of carbonyl (C=O) groups is 2. The van der Waals surface area contributed by atoms with E-state index in [0.29, 0.717) is 30.1 Å². The quantitative estimate of drug-likeness (QED) is 0.400. The molecule has 2 atom stereocenters. The number of hydrogen-bond acceptors (Lipinski definition) is 8. The minimum absolute atomic E-state index is 0.212. The van der Waals surface area contributed by atoms with Crippen LogP contribution in [-0.2, 0) is 15.9 Å². The second-order valence-corrected chi connectivity index (χ2v) is 8.10. The molecule has 2 aromatic heterocycles. The van der Waals surface area contributed by atoms with Crippen molar-refractivity contribution in [1.29, 1.82) is 0 Å². The van der Waals surface area contributed by atoms with Crippen molar-refractivity contribution >= 4 is 17.7 Å². The van der Waals surface area contributed by atoms with Gasteiger partial charge in [-0.1, -0.05) is 0 Å². The highest BCUT2D eigenvalue weighted by atomic mass is 16.5. The summed E-state index contributed by atoms with van der Waals surface area (Å²) in [4.78, 5) is 28.7. The smallest absolute Gasteiger partial charge is 0.339 e. The van der Waals surface area contributed by atoms with Crippen LogP contribution in [0.15, 0.2) is 53.1 Å². The molecule has 1 amide bonds. The average Bonchev–Trinajstić information content (AvgIpc) is 3.23. The molecule has 0 unspecified atom stereocenters. The number of amides is 1. The minimum atomic E-state index is -0.508. The number of rotatable bonds is 11. The van der Waals surface area contributed by atoms with Crippen molar-refractivity contribution in [2.24, 2.45) is 0 Å². The topological polar surface area (TPSA) is 109 Å². The zero-order chi connectivity index (χ0) is 25.4. The molecule has 0 saturated carbocycles. The van der Waals surface area contributed by atoms with E-state index < -0.39 is 11.9 Å². The highest BCUT2D eigenvalue weighted by Crippen LogP contribution is 2.26. The van der Waals surface area contributed by atoms with Crippen LogP contribution in [0.1, 0.15) is 46.1 Å². The normalized spacial score (nSPS) is 12.5. The number of aromatic nitrogens is 1. The lowest BCUT2D eigenvalue weighted by atomic mass is 10.1. The van der Waals surface area contributed by atoms with Crippen LogP contribution >= 0.6 is 0 Å². The molecule has 1 N–H and O–H groups in total. The predicted molar refractivity (Wildman–Crippen MR) is 129 cm³/mol. The summed E-state index contributed by atoms with van der Waals surface area (Å²) in [5, 5.41) is 2.72. The summed E-state index contributed by atoms with van der Waals surface area (Å²) in [6, 6.07) is 11.9. The first-order valence-electron chi connectivity index (χ1n) is 11.2. The molecule has 1 aromatic carbocycles. The van der Waals surface area contributed by atoms with Crippen LogP contribution < -0.4 is 14.8 Å². The predicted octanol–water partition coefficient (Wildman–Crippen LogP) is 4.45. The Morgan fingerprint density at radius 2 is 1.69 bits per heavy atom. The molecule has 3 aromatic rings. The molecule has 0 radical (unpaired) electrons. The number of pyridine rings is 1. The molecular weight excluding hydrogens is 452 g/mol. The lowest BCUT2D eigenvalue weighted by molar-refractivity contribution is 0.0600. The van der Waals surface area contributed by atoms with Gasteiger partial charge in [0.2, 0.25) is 0 Å². The maximum absolute atomic E-state index is 13.0. The van der Waals surface area contributed by atoms with Crippen molar-refractivity contribution in [3.8, 4) is 11.5 Å². The van der Waals surface area contributed by atoms with Crippen LogP contribution in [0.5, 0.6) is 11.5 Å². The lowest BCUT2D eigenvalue weighted by Gasteiger charge is -2.18. The van der Waals surface area contributed by atoms with E-state index in [9.17, 15) is 9.59 Å². The summed E-state index contributed by atoms with van der Waals surface area (Å²) in [5.74, 6) is 1.95. The number of methoxy groups -OCH3 is 2. The van der Waals surface area contributed by atoms with Gasteiger partial charge < -0.3 is 28.7 Å². The number of carbonyl (C=O) groups excluding carboxylic acids is 2. The lowest BCUT2D eigenvalue weighted by Crippen LogP contribution is -2.20. The van der Waals surface area contributed by atoms with Gasteiger partial charge in [0, 0.05) is 31.4 Å². The molecule has 0 aliphatic heterocycles. The highest BCUT2D eigenvalue weighted by Gasteiger charge is 2.16. The molecule has 9 nitrogen and oxygen atoms in total. The zero-order valence-corrected chi connectivity index (χ0v) is 20.5. The van der Waals surface area contributed by atoms with Crippen molar-refractivity contribution in [2.45, 2.75) is 39.4 Å². The molecule has 186 valence electrons. The number of anilines is 1. The Labute approximate surface area is 204 Å². The molecule has 35 heavy (non-hydrogen) atoms. The third-order valence-electron chi connectivity index (χ3n) is 4.93. The number of furan rings is 1. The Balaban J connectivity index is 1.78. The Morgan fingerprint density at radius 3 is 2.26 bits per heavy atom. The summed E-state index contributed by atoms with van der Waals surface area (Å²) in [7, 11) is 2.88. The van der Waals surface area contributed by atoms with Crippen LogP contribution in [0.25, 0.3) is 0 Å². The van der Waals surface area contributed by atoms with E-state index in [4.69, 9.17) is 18.6 Å². The Bertz CT molecular complexity index is 1140. The van der Waals surface area contributed by atoms with E-state index in [-0.39, 0.29) is 23.6 Å². The molecule has 3 rings (SSSR count). The van der Waals surface area contributed by atoms with Gasteiger partial charge in [0.05, 0.1) is 19.3 Å². The first kappa shape index (κ1) is 25.8. The summed E-state index contributed by atoms with van der Waals surface area (Å²) in [6.07, 6.45) is 1.45. The number of benzene rings is 1. The third kappa shape index (κ3) is 7.58. The second kappa shape index (κ2) is 12.0. The molecule has 0 saturated heterocycles. The number of aryl methyl sites for hydroxylation is 1. The molecule has 0 fully saturated rings. The van der Waals surface area contributed by atoms with Gasteiger partial charge in [-0.3, -0.25) is 4.79 Å². The fourth-order valence-corrected chi connectivity index (χ4v) is 3.39. The Hall–Kier alpha value is -3.85. The number of nitrogens with zero attached hydrogens (tertiary/aromatic N) is 1. The molecule has 0 bridgehead atoms. The van der Waals surface area contributed by atoms with Crippen molar-refractivity contribution in [2.75, 3.05) is 26.1 Å². The molecular formula is C26H30N2O7. The number of nitrogens with one attached hydrogen (secondary N) is 1. The maximum atomic E-state index is 13.0. The zero-order valence-electron chi connectivity index (χ0n) is 20.5. The van der Waals surface area contributed by atoms with Crippen molar-refractivity contribution in [1.82, 2.24) is 4.98 Å². The average molecular weight is 483 g/mol. The first-order chi connectivity index (χ1) is 16.8. The fraction of sp³-hybridized carbons (Fsp3) is 0.346. The van der Waals surface area contributed by atoms with Crippen molar-refractivity contribution in [3.05, 3.63) is 71.3 Å². The Morgan fingerprint density at radius 1 is 0.971 bits per heavy atom. The molecule has 2 heterocycles. The van der Waals surface area contributed by atoms with E-state index >= 15 is 0 Å². The number of ether oxygens (including phenoxy) is 4. The van der Waals surface area contributed by atoms with Crippen molar-refractivity contribution in [3.63, 3.8) is 0 Å². The number of esters is 1. The summed E-state index contributed by atoms with van der Waals surface area (Å²) in [6.45, 7) is 6.06. The largest absolute Gasteiger partial charge is 0.490 e. The highest BCUT2D eigenvalue weighted by molar-refractivity contribution is 6.04. The summed E-state index contributed by atoms with van der Waals surface area (Å²) in [5.41, 5.74) is 0.603.